The SMILES string of the molecule is COc1ccc(Nc2ccc3c(O)c(N=Nc4cc(OC)c(N=Nc5ccc(S(=O)(=O)O)cc5)cc4O)c(S(=O)(=O)O)cc3c2)cc1. The van der Waals surface area contributed by atoms with Crippen LogP contribution in [0.25, 0.3) is 10.8 Å². The molecule has 0 spiro atoms. The van der Waals surface area contributed by atoms with Gasteiger partial charge in [-0.3, -0.25) is 9.11 Å². The summed E-state index contributed by atoms with van der Waals surface area (Å²) in [6, 6.07) is 20.1. The van der Waals surface area contributed by atoms with Crippen LogP contribution in [-0.2, 0) is 20.2 Å². The van der Waals surface area contributed by atoms with E-state index in [1.54, 1.807) is 43.5 Å². The van der Waals surface area contributed by atoms with Crippen LogP contribution in [0, 0.1) is 0 Å². The van der Waals surface area contributed by atoms with Crippen molar-refractivity contribution in [2.45, 2.75) is 9.79 Å². The Kier molecular flexibility index (Phi) is 9.07. The Morgan fingerprint density at radius 3 is 1.94 bits per heavy atom. The van der Waals surface area contributed by atoms with Gasteiger partial charge < -0.3 is 25.0 Å². The maximum Gasteiger partial charge on any atom is 0.296 e. The molecule has 5 aromatic carbocycles. The molecular weight excluding hydrogens is 654 g/mol. The largest absolute Gasteiger partial charge is 0.506 e. The highest BCUT2D eigenvalue weighted by Gasteiger charge is 2.23. The van der Waals surface area contributed by atoms with Gasteiger partial charge in [-0.15, -0.1) is 15.3 Å². The normalized spacial score (nSPS) is 12.2. The Hall–Kier alpha value is -5.62. The first kappa shape index (κ1) is 32.8. The highest BCUT2D eigenvalue weighted by Crippen LogP contribution is 2.44. The Morgan fingerprint density at radius 1 is 0.660 bits per heavy atom. The van der Waals surface area contributed by atoms with Crippen molar-refractivity contribution in [3.8, 4) is 23.0 Å². The summed E-state index contributed by atoms with van der Waals surface area (Å²) in [5.41, 5.74) is 0.739. The molecule has 47 heavy (non-hydrogen) atoms. The van der Waals surface area contributed by atoms with E-state index in [1.165, 1.54) is 31.4 Å². The second-order valence-electron chi connectivity index (χ2n) is 9.72. The molecule has 5 aromatic rings. The van der Waals surface area contributed by atoms with Gasteiger partial charge in [-0.1, -0.05) is 0 Å². The Balaban J connectivity index is 1.47. The predicted molar refractivity (Wildman–Crippen MR) is 171 cm³/mol. The second kappa shape index (κ2) is 13.0. The fourth-order valence-corrected chi connectivity index (χ4v) is 5.47. The van der Waals surface area contributed by atoms with Crippen molar-refractivity contribution in [2.24, 2.45) is 20.5 Å². The zero-order chi connectivity index (χ0) is 33.9. The van der Waals surface area contributed by atoms with Gasteiger partial charge in [-0.25, -0.2) is 0 Å². The molecule has 0 saturated carbocycles. The molecule has 5 N–H and O–H groups in total. The number of azo groups is 2. The van der Waals surface area contributed by atoms with E-state index in [1.807, 2.05) is 0 Å². The molecule has 0 bridgehead atoms. The molecule has 0 unspecified atom stereocenters. The average Bonchev–Trinajstić information content (AvgIpc) is 3.03. The standard InChI is InChI=1S/C30H25N5O10S2/c1-44-21-8-3-18(4-9-21)31-20-7-12-23-17(13-20)14-28(47(41,42)43)29(30(23)37)35-33-24-16-27(45-2)25(15-26(24)36)34-32-19-5-10-22(11-6-19)46(38,39)40/h3-16,31,36-37H,1-2H3,(H,38,39,40)(H,41,42,43). The smallest absolute Gasteiger partial charge is 0.296 e. The van der Waals surface area contributed by atoms with E-state index in [9.17, 15) is 31.6 Å². The Morgan fingerprint density at radius 2 is 1.32 bits per heavy atom. The number of nitrogens with zero attached hydrogens (tertiary/aromatic N) is 4. The maximum absolute atomic E-state index is 12.3. The number of nitrogens with one attached hydrogen (secondary N) is 1. The van der Waals surface area contributed by atoms with E-state index < -0.39 is 42.3 Å². The van der Waals surface area contributed by atoms with Crippen molar-refractivity contribution in [1.82, 2.24) is 0 Å². The third-order valence-corrected chi connectivity index (χ3v) is 8.38. The summed E-state index contributed by atoms with van der Waals surface area (Å²) in [7, 11) is -6.45. The maximum atomic E-state index is 12.3. The zero-order valence-electron chi connectivity index (χ0n) is 24.4. The first-order valence-electron chi connectivity index (χ1n) is 13.3. The Labute approximate surface area is 268 Å². The van der Waals surface area contributed by atoms with Crippen LogP contribution in [0.3, 0.4) is 0 Å². The van der Waals surface area contributed by atoms with Gasteiger partial charge in [0.25, 0.3) is 20.2 Å². The van der Waals surface area contributed by atoms with E-state index in [2.05, 4.69) is 25.8 Å². The van der Waals surface area contributed by atoms with E-state index in [0.29, 0.717) is 17.1 Å². The molecule has 0 atom stereocenters. The summed E-state index contributed by atoms with van der Waals surface area (Å²) in [6.07, 6.45) is 0. The van der Waals surface area contributed by atoms with Crippen LogP contribution in [-0.4, -0.2) is 50.4 Å². The van der Waals surface area contributed by atoms with Gasteiger partial charge >= 0.3 is 0 Å². The number of phenolic OH excluding ortho intramolecular Hbond substituents is 2. The second-order valence-corrected chi connectivity index (χ2v) is 12.5. The molecular formula is C30H25N5O10S2. The number of rotatable bonds is 10. The number of benzene rings is 5. The third-order valence-electron chi connectivity index (χ3n) is 6.65. The van der Waals surface area contributed by atoms with Crippen LogP contribution in [0.5, 0.6) is 23.0 Å². The number of hydrogen-bond acceptors (Lipinski definition) is 13. The lowest BCUT2D eigenvalue weighted by atomic mass is 10.1. The molecule has 0 radical (unpaired) electrons. The van der Waals surface area contributed by atoms with Crippen molar-refractivity contribution in [3.63, 3.8) is 0 Å². The Bertz CT molecular complexity index is 2260. The fourth-order valence-electron chi connectivity index (χ4n) is 4.33. The first-order chi connectivity index (χ1) is 22.3. The number of anilines is 2. The van der Waals surface area contributed by atoms with Gasteiger partial charge in [-0.05, 0) is 78.2 Å². The molecule has 15 nitrogen and oxygen atoms in total. The minimum Gasteiger partial charge on any atom is -0.506 e. The number of methoxy groups -OCH3 is 2. The number of fused-ring (bicyclic) bond motifs is 1. The molecule has 0 saturated heterocycles. The van der Waals surface area contributed by atoms with Crippen LogP contribution in [0.1, 0.15) is 0 Å². The predicted octanol–water partition coefficient (Wildman–Crippen LogP) is 7.34. The van der Waals surface area contributed by atoms with Crippen molar-refractivity contribution in [2.75, 3.05) is 19.5 Å². The highest BCUT2D eigenvalue weighted by atomic mass is 32.2. The average molecular weight is 680 g/mol. The van der Waals surface area contributed by atoms with E-state index >= 15 is 0 Å². The summed E-state index contributed by atoms with van der Waals surface area (Å²) in [5, 5.41) is 41.0. The van der Waals surface area contributed by atoms with Gasteiger partial charge in [0.1, 0.15) is 39.2 Å². The van der Waals surface area contributed by atoms with E-state index in [0.717, 1.165) is 24.3 Å². The van der Waals surface area contributed by atoms with Crippen molar-refractivity contribution < 1.29 is 45.6 Å². The lowest BCUT2D eigenvalue weighted by Gasteiger charge is -2.12. The molecule has 0 aromatic heterocycles. The summed E-state index contributed by atoms with van der Waals surface area (Å²) >= 11 is 0. The molecule has 0 aliphatic rings. The summed E-state index contributed by atoms with van der Waals surface area (Å²) in [4.78, 5) is -1.06. The van der Waals surface area contributed by atoms with Gasteiger partial charge in [0.05, 0.1) is 24.8 Å². The number of ether oxygens (including phenoxy) is 2. The minimum atomic E-state index is -4.92. The molecule has 17 heteroatoms. The van der Waals surface area contributed by atoms with Crippen LogP contribution in [0.15, 0.2) is 115 Å². The van der Waals surface area contributed by atoms with Crippen molar-refractivity contribution in [1.29, 1.82) is 0 Å². The van der Waals surface area contributed by atoms with Crippen molar-refractivity contribution >= 4 is 65.1 Å². The highest BCUT2D eigenvalue weighted by molar-refractivity contribution is 7.86. The van der Waals surface area contributed by atoms with E-state index in [4.69, 9.17) is 14.0 Å². The van der Waals surface area contributed by atoms with Crippen LogP contribution >= 0.6 is 0 Å². The summed E-state index contributed by atoms with van der Waals surface area (Å²) in [6.45, 7) is 0. The van der Waals surface area contributed by atoms with Gasteiger partial charge in [0.2, 0.25) is 0 Å². The van der Waals surface area contributed by atoms with Gasteiger partial charge in [0, 0.05) is 28.9 Å². The first-order valence-corrected chi connectivity index (χ1v) is 16.1. The molecule has 0 aliphatic carbocycles. The lowest BCUT2D eigenvalue weighted by molar-refractivity contribution is 0.413. The quantitative estimate of drug-likeness (QED) is 0.0724. The monoisotopic (exact) mass is 679 g/mol. The van der Waals surface area contributed by atoms with Crippen LogP contribution in [0.2, 0.25) is 0 Å². The van der Waals surface area contributed by atoms with Crippen LogP contribution in [0.4, 0.5) is 34.1 Å². The summed E-state index contributed by atoms with van der Waals surface area (Å²) < 4.78 is 76.7. The van der Waals surface area contributed by atoms with Gasteiger partial charge in [0.15, 0.2) is 5.75 Å². The fraction of sp³-hybridized carbons (Fsp3) is 0.0667. The zero-order valence-corrected chi connectivity index (χ0v) is 26.1. The number of aromatic hydroxyl groups is 2. The number of phenols is 2. The molecule has 5 rings (SSSR count). The molecule has 0 fully saturated rings. The topological polar surface area (TPSA) is 229 Å². The number of hydrogen-bond donors (Lipinski definition) is 5. The van der Waals surface area contributed by atoms with Gasteiger partial charge in [-0.2, -0.15) is 21.9 Å². The molecule has 0 aliphatic heterocycles. The van der Waals surface area contributed by atoms with Crippen molar-refractivity contribution in [3.05, 3.63) is 84.9 Å². The van der Waals surface area contributed by atoms with E-state index in [-0.39, 0.29) is 38.5 Å². The third kappa shape index (κ3) is 7.45. The lowest BCUT2D eigenvalue weighted by Crippen LogP contribution is -1.99. The molecule has 0 heterocycles. The molecule has 242 valence electrons. The minimum absolute atomic E-state index is 0.0361. The molecule has 0 amide bonds. The summed E-state index contributed by atoms with van der Waals surface area (Å²) in [5.74, 6) is -0.347. The van der Waals surface area contributed by atoms with Crippen LogP contribution < -0.4 is 14.8 Å².